The zero-order valence-electron chi connectivity index (χ0n) is 23.3. The molecule has 1 aromatic carbocycles. The van der Waals surface area contributed by atoms with Crippen LogP contribution >= 0.6 is 0 Å². The number of carbonyl (C=O) groups is 1. The molecule has 3 aromatic rings. The van der Waals surface area contributed by atoms with Gasteiger partial charge in [0.25, 0.3) is 5.91 Å². The van der Waals surface area contributed by atoms with Crippen LogP contribution in [0, 0.1) is 25.2 Å². The van der Waals surface area contributed by atoms with E-state index in [0.29, 0.717) is 30.2 Å². The minimum Gasteiger partial charge on any atom is -0.492 e. The van der Waals surface area contributed by atoms with Gasteiger partial charge in [0.2, 0.25) is 0 Å². The van der Waals surface area contributed by atoms with Crippen molar-refractivity contribution in [2.45, 2.75) is 53.5 Å². The van der Waals surface area contributed by atoms with Crippen LogP contribution < -0.4 is 4.74 Å². The molecule has 1 amide bonds. The molecule has 1 aliphatic heterocycles. The summed E-state index contributed by atoms with van der Waals surface area (Å²) in [4.78, 5) is 27.3. The van der Waals surface area contributed by atoms with E-state index in [4.69, 9.17) is 4.74 Å². The van der Waals surface area contributed by atoms with Gasteiger partial charge < -0.3 is 14.5 Å². The van der Waals surface area contributed by atoms with Crippen LogP contribution in [-0.2, 0) is 12.8 Å². The van der Waals surface area contributed by atoms with E-state index in [0.717, 1.165) is 65.0 Å². The lowest BCUT2D eigenvalue weighted by Gasteiger charge is -2.35. The molecule has 0 aliphatic carbocycles. The largest absolute Gasteiger partial charge is 0.492 e. The zero-order valence-corrected chi connectivity index (χ0v) is 23.3. The first-order valence-electron chi connectivity index (χ1n) is 13.4. The average Bonchev–Trinajstić information content (AvgIpc) is 2.92. The van der Waals surface area contributed by atoms with Crippen LogP contribution in [0.25, 0.3) is 11.1 Å². The molecule has 0 bridgehead atoms. The van der Waals surface area contributed by atoms with Gasteiger partial charge in [0.05, 0.1) is 18.3 Å². The lowest BCUT2D eigenvalue weighted by atomic mass is 9.86. The minimum atomic E-state index is -0.261. The van der Waals surface area contributed by atoms with Crippen LogP contribution in [0.5, 0.6) is 5.75 Å². The van der Waals surface area contributed by atoms with E-state index < -0.39 is 0 Å². The van der Waals surface area contributed by atoms with Gasteiger partial charge in [0, 0.05) is 48.4 Å². The molecule has 7 nitrogen and oxygen atoms in total. The first-order chi connectivity index (χ1) is 18.3. The number of hydrogen-bond donors (Lipinski definition) is 0. The highest BCUT2D eigenvalue weighted by Crippen LogP contribution is 2.36. The first kappa shape index (κ1) is 27.3. The number of carbonyl (C=O) groups excluding carboxylic acids is 1. The summed E-state index contributed by atoms with van der Waals surface area (Å²) in [5.41, 5.74) is 8.38. The monoisotopic (exact) mass is 511 g/mol. The summed E-state index contributed by atoms with van der Waals surface area (Å²) in [6, 6.07) is 10.2. The highest BCUT2D eigenvalue weighted by Gasteiger charge is 2.32. The third-order valence-corrected chi connectivity index (χ3v) is 7.44. The summed E-state index contributed by atoms with van der Waals surface area (Å²) in [6.07, 6.45) is 5.03. The number of hydrogen-bond acceptors (Lipinski definition) is 6. The topological polar surface area (TPSA) is 82.3 Å². The molecule has 198 valence electrons. The van der Waals surface area contributed by atoms with Crippen LogP contribution in [0.1, 0.15) is 70.8 Å². The van der Waals surface area contributed by atoms with E-state index in [9.17, 15) is 10.1 Å². The Morgan fingerprint density at radius 1 is 1.11 bits per heavy atom. The molecular weight excluding hydrogens is 474 g/mol. The number of ether oxygens (including phenoxy) is 1. The van der Waals surface area contributed by atoms with Crippen molar-refractivity contribution >= 4 is 5.91 Å². The molecule has 1 atom stereocenters. The molecule has 0 saturated carbocycles. The van der Waals surface area contributed by atoms with Gasteiger partial charge in [0.1, 0.15) is 17.4 Å². The van der Waals surface area contributed by atoms with Gasteiger partial charge in [-0.2, -0.15) is 5.26 Å². The standard InChI is InChI=1S/C31H37N5O2/c1-7-35(6)11-9-23-14-27(26-13-20(3)18-33-21(26)4)25-10-12-36(31(37)28(25)15-23)22(5)29-16-30(38-8-2)24(17-32)19-34-29/h13-16,18-19,22H,7-12H2,1-6H3. The molecule has 2 aromatic heterocycles. The van der Waals surface area contributed by atoms with Crippen molar-refractivity contribution in [2.75, 3.05) is 33.3 Å². The van der Waals surface area contributed by atoms with Gasteiger partial charge >= 0.3 is 0 Å². The Balaban J connectivity index is 1.75. The van der Waals surface area contributed by atoms with Crippen LogP contribution in [0.3, 0.4) is 0 Å². The van der Waals surface area contributed by atoms with E-state index in [1.165, 1.54) is 6.20 Å². The molecule has 0 radical (unpaired) electrons. The highest BCUT2D eigenvalue weighted by atomic mass is 16.5. The second kappa shape index (κ2) is 11.7. The maximum Gasteiger partial charge on any atom is 0.254 e. The van der Waals surface area contributed by atoms with Gasteiger partial charge in [0.15, 0.2) is 0 Å². The Bertz CT molecular complexity index is 1380. The molecule has 1 aliphatic rings. The van der Waals surface area contributed by atoms with E-state index in [1.807, 2.05) is 31.9 Å². The number of rotatable bonds is 9. The number of aromatic nitrogens is 2. The molecule has 1 unspecified atom stereocenters. The first-order valence-corrected chi connectivity index (χ1v) is 13.4. The maximum atomic E-state index is 14.0. The summed E-state index contributed by atoms with van der Waals surface area (Å²) >= 11 is 0. The van der Waals surface area contributed by atoms with E-state index >= 15 is 0 Å². The van der Waals surface area contributed by atoms with Crippen molar-refractivity contribution < 1.29 is 9.53 Å². The van der Waals surface area contributed by atoms with Gasteiger partial charge in [-0.1, -0.05) is 13.0 Å². The fourth-order valence-electron chi connectivity index (χ4n) is 5.02. The SMILES string of the molecule is CCOc1cc(C(C)N2CCc3c(cc(CCN(C)CC)cc3-c3cc(C)cnc3C)C2=O)ncc1C#N. The molecular formula is C31H37N5O2. The molecule has 0 N–H and O–H groups in total. The Hall–Kier alpha value is -3.76. The van der Waals surface area contributed by atoms with Gasteiger partial charge in [-0.3, -0.25) is 14.8 Å². The van der Waals surface area contributed by atoms with Crippen molar-refractivity contribution in [3.63, 3.8) is 0 Å². The van der Waals surface area contributed by atoms with Crippen molar-refractivity contribution in [1.82, 2.24) is 19.8 Å². The predicted molar refractivity (Wildman–Crippen MR) is 149 cm³/mol. The lowest BCUT2D eigenvalue weighted by molar-refractivity contribution is 0.0669. The van der Waals surface area contributed by atoms with E-state index in [1.54, 1.807) is 6.07 Å². The number of fused-ring (bicyclic) bond motifs is 1. The molecule has 38 heavy (non-hydrogen) atoms. The molecule has 0 spiro atoms. The third-order valence-electron chi connectivity index (χ3n) is 7.44. The van der Waals surface area contributed by atoms with Crippen molar-refractivity contribution in [3.05, 3.63) is 75.9 Å². The minimum absolute atomic E-state index is 0.00748. The van der Waals surface area contributed by atoms with Gasteiger partial charge in [-0.05, 0) is 88.5 Å². The summed E-state index contributed by atoms with van der Waals surface area (Å²) in [7, 11) is 2.11. The average molecular weight is 512 g/mol. The summed E-state index contributed by atoms with van der Waals surface area (Å²) in [5, 5.41) is 9.41. The summed E-state index contributed by atoms with van der Waals surface area (Å²) in [5.74, 6) is 0.511. The Kier molecular flexibility index (Phi) is 8.43. The van der Waals surface area contributed by atoms with Crippen molar-refractivity contribution in [1.29, 1.82) is 5.26 Å². The van der Waals surface area contributed by atoms with Crippen LogP contribution in [0.4, 0.5) is 0 Å². The fourth-order valence-corrected chi connectivity index (χ4v) is 5.02. The maximum absolute atomic E-state index is 14.0. The second-order valence-electron chi connectivity index (χ2n) is 10.0. The van der Waals surface area contributed by atoms with Gasteiger partial charge in [-0.15, -0.1) is 0 Å². The molecule has 0 fully saturated rings. The highest BCUT2D eigenvalue weighted by molar-refractivity contribution is 5.99. The summed E-state index contributed by atoms with van der Waals surface area (Å²) < 4.78 is 5.67. The molecule has 0 saturated heterocycles. The van der Waals surface area contributed by atoms with Gasteiger partial charge in [-0.25, -0.2) is 0 Å². The third kappa shape index (κ3) is 5.56. The molecule has 4 rings (SSSR count). The number of benzene rings is 1. The van der Waals surface area contributed by atoms with E-state index in [-0.39, 0.29) is 11.9 Å². The van der Waals surface area contributed by atoms with Crippen LogP contribution in [0.2, 0.25) is 0 Å². The molecule has 7 heteroatoms. The second-order valence-corrected chi connectivity index (χ2v) is 10.0. The summed E-state index contributed by atoms with van der Waals surface area (Å²) in [6.45, 7) is 13.0. The quantitative estimate of drug-likeness (QED) is 0.389. The lowest BCUT2D eigenvalue weighted by Crippen LogP contribution is -2.40. The number of nitriles is 1. The number of aryl methyl sites for hydroxylation is 2. The normalized spacial score (nSPS) is 13.8. The predicted octanol–water partition coefficient (Wildman–Crippen LogP) is 5.28. The smallest absolute Gasteiger partial charge is 0.254 e. The number of likely N-dealkylation sites (N-methyl/N-ethyl adjacent to an activating group) is 1. The fraction of sp³-hybridized carbons (Fsp3) is 0.419. The van der Waals surface area contributed by atoms with Crippen LogP contribution in [0.15, 0.2) is 36.7 Å². The Morgan fingerprint density at radius 3 is 2.58 bits per heavy atom. The van der Waals surface area contributed by atoms with Crippen molar-refractivity contribution in [3.8, 4) is 22.9 Å². The Labute approximate surface area is 226 Å². The molecule has 3 heterocycles. The number of pyridine rings is 2. The zero-order chi connectivity index (χ0) is 27.4. The number of nitrogens with zero attached hydrogens (tertiary/aromatic N) is 5. The van der Waals surface area contributed by atoms with Crippen LogP contribution in [-0.4, -0.2) is 59.0 Å². The Morgan fingerprint density at radius 2 is 1.87 bits per heavy atom. The van der Waals surface area contributed by atoms with E-state index in [2.05, 4.69) is 60.0 Å². The van der Waals surface area contributed by atoms with Crippen molar-refractivity contribution in [2.24, 2.45) is 0 Å². The number of amides is 1.